The van der Waals surface area contributed by atoms with E-state index in [0.717, 1.165) is 22.3 Å². The van der Waals surface area contributed by atoms with Gasteiger partial charge in [0.15, 0.2) is 5.78 Å². The Hall–Kier alpha value is -2.87. The molecule has 2 aromatic carbocycles. The molecule has 8 heteroatoms. The van der Waals surface area contributed by atoms with E-state index in [1.165, 1.54) is 0 Å². The van der Waals surface area contributed by atoms with Gasteiger partial charge in [-0.2, -0.15) is 0 Å². The molecule has 0 saturated heterocycles. The van der Waals surface area contributed by atoms with Gasteiger partial charge in [0.25, 0.3) is 0 Å². The summed E-state index contributed by atoms with van der Waals surface area (Å²) in [6, 6.07) is 7.28. The van der Waals surface area contributed by atoms with Crippen LogP contribution in [-0.4, -0.2) is 47.7 Å². The number of phenols is 1. The van der Waals surface area contributed by atoms with Crippen LogP contribution < -0.4 is 10.1 Å². The fourth-order valence-corrected chi connectivity index (χ4v) is 4.50. The number of nitrogens with one attached hydrogen (secondary N) is 2. The molecule has 3 N–H and O–H groups in total. The van der Waals surface area contributed by atoms with E-state index >= 15 is 0 Å². The summed E-state index contributed by atoms with van der Waals surface area (Å²) in [6.45, 7) is 14.9. The van der Waals surface area contributed by atoms with Gasteiger partial charge in [-0.05, 0) is 47.6 Å². The van der Waals surface area contributed by atoms with Crippen LogP contribution in [-0.2, 0) is 28.6 Å². The zero-order valence-electron chi connectivity index (χ0n) is 23.2. The number of carbonyl (C=O) groups is 2. The Morgan fingerprint density at radius 2 is 1.62 bits per heavy atom. The smallest absolute Gasteiger partial charge is 0.224 e. The van der Waals surface area contributed by atoms with E-state index in [2.05, 4.69) is 5.32 Å². The SMILES string of the molecule is Br.CCOc1cc2c(cc1CC(=O)NC)C(=N)N(CC(=O)c1cc(C(C)(C)C)c(O)c(C(C)(C)C)c1)C2. The first-order valence-corrected chi connectivity index (χ1v) is 12.4. The second-order valence-electron chi connectivity index (χ2n) is 11.4. The molecule has 2 aromatic rings. The van der Waals surface area contributed by atoms with Crippen LogP contribution in [0.2, 0.25) is 0 Å². The Labute approximate surface area is 230 Å². The number of hydrogen-bond acceptors (Lipinski definition) is 5. The highest BCUT2D eigenvalue weighted by molar-refractivity contribution is 8.93. The van der Waals surface area contributed by atoms with Gasteiger partial charge in [0.1, 0.15) is 17.3 Å². The molecule has 37 heavy (non-hydrogen) atoms. The monoisotopic (exact) mass is 573 g/mol. The molecule has 1 amide bonds. The number of amides is 1. The third-order valence-corrected chi connectivity index (χ3v) is 6.53. The highest BCUT2D eigenvalue weighted by Crippen LogP contribution is 2.40. The maximum Gasteiger partial charge on any atom is 0.224 e. The van der Waals surface area contributed by atoms with Crippen LogP contribution in [0.1, 0.15) is 86.6 Å². The van der Waals surface area contributed by atoms with Gasteiger partial charge in [-0.3, -0.25) is 15.0 Å². The normalized spacial score (nSPS) is 13.2. The zero-order chi connectivity index (χ0) is 27.0. The minimum Gasteiger partial charge on any atom is -0.507 e. The fraction of sp³-hybridized carbons (Fsp3) is 0.483. The van der Waals surface area contributed by atoms with Crippen LogP contribution in [0.5, 0.6) is 11.5 Å². The molecule has 1 aliphatic rings. The van der Waals surface area contributed by atoms with E-state index in [-0.39, 0.29) is 64.1 Å². The Bertz CT molecular complexity index is 1170. The Morgan fingerprint density at radius 1 is 1.05 bits per heavy atom. The number of phenolic OH excluding ortho intramolecular Hbond substituents is 1. The van der Waals surface area contributed by atoms with Crippen LogP contribution in [0.4, 0.5) is 0 Å². The Morgan fingerprint density at radius 3 is 2.11 bits per heavy atom. The van der Waals surface area contributed by atoms with Crippen LogP contribution in [0.3, 0.4) is 0 Å². The van der Waals surface area contributed by atoms with Crippen LogP contribution in [0, 0.1) is 5.41 Å². The highest BCUT2D eigenvalue weighted by atomic mass is 79.9. The predicted octanol–water partition coefficient (Wildman–Crippen LogP) is 5.28. The van der Waals surface area contributed by atoms with Crippen molar-refractivity contribution in [3.63, 3.8) is 0 Å². The number of nitrogens with zero attached hydrogens (tertiary/aromatic N) is 1. The average Bonchev–Trinajstić information content (AvgIpc) is 3.06. The summed E-state index contributed by atoms with van der Waals surface area (Å²) in [7, 11) is 1.59. The Balaban J connectivity index is 0.00000481. The summed E-state index contributed by atoms with van der Waals surface area (Å²) in [5.74, 6) is 0.873. The molecule has 3 rings (SSSR count). The Kier molecular flexibility index (Phi) is 9.23. The van der Waals surface area contributed by atoms with E-state index in [1.54, 1.807) is 24.1 Å². The van der Waals surface area contributed by atoms with Crippen LogP contribution in [0.25, 0.3) is 0 Å². The van der Waals surface area contributed by atoms with E-state index < -0.39 is 0 Å². The van der Waals surface area contributed by atoms with Crippen molar-refractivity contribution in [2.75, 3.05) is 20.2 Å². The first kappa shape index (κ1) is 30.4. The number of Topliss-reactive ketones (excluding diaryl/α,β-unsaturated/α-hetero) is 1. The molecule has 0 aliphatic carbocycles. The third-order valence-electron chi connectivity index (χ3n) is 6.53. The highest BCUT2D eigenvalue weighted by Gasteiger charge is 2.31. The molecule has 0 atom stereocenters. The van der Waals surface area contributed by atoms with Crippen molar-refractivity contribution in [2.45, 2.75) is 72.3 Å². The standard InChI is InChI=1S/C29H39N3O4.BrH/c1-9-36-24-13-19-15-32(27(30)20(19)10-18(24)14-25(34)31-8)16-23(33)17-11-21(28(2,3)4)26(35)22(12-17)29(5,6)7;/h10-13,30,35H,9,14-16H2,1-8H3,(H,31,34);1H. The molecule has 0 aromatic heterocycles. The summed E-state index contributed by atoms with van der Waals surface area (Å²) in [6.07, 6.45) is 0.157. The summed E-state index contributed by atoms with van der Waals surface area (Å²) >= 11 is 0. The van der Waals surface area contributed by atoms with Crippen molar-refractivity contribution in [3.8, 4) is 11.5 Å². The third kappa shape index (κ3) is 6.53. The van der Waals surface area contributed by atoms with Gasteiger partial charge in [-0.25, -0.2) is 0 Å². The van der Waals surface area contributed by atoms with Crippen molar-refractivity contribution in [1.82, 2.24) is 10.2 Å². The van der Waals surface area contributed by atoms with Gasteiger partial charge in [-0.15, -0.1) is 17.0 Å². The van der Waals surface area contributed by atoms with Gasteiger partial charge in [-0.1, -0.05) is 41.5 Å². The predicted molar refractivity (Wildman–Crippen MR) is 153 cm³/mol. The molecule has 0 bridgehead atoms. The van der Waals surface area contributed by atoms with Crippen LogP contribution in [0.15, 0.2) is 24.3 Å². The quantitative estimate of drug-likeness (QED) is 0.391. The first-order chi connectivity index (χ1) is 16.7. The number of likely N-dealkylation sites (N-methyl/N-ethyl adjacent to an activating group) is 1. The van der Waals surface area contributed by atoms with Crippen LogP contribution >= 0.6 is 17.0 Å². The maximum absolute atomic E-state index is 13.5. The van der Waals surface area contributed by atoms with E-state index in [9.17, 15) is 14.7 Å². The molecule has 1 heterocycles. The van der Waals surface area contributed by atoms with Crippen molar-refractivity contribution in [2.24, 2.45) is 0 Å². The lowest BCUT2D eigenvalue weighted by atomic mass is 9.78. The largest absolute Gasteiger partial charge is 0.507 e. The molecular weight excluding hydrogens is 534 g/mol. The van der Waals surface area contributed by atoms with Gasteiger partial charge in [0.2, 0.25) is 5.91 Å². The number of ether oxygens (including phenoxy) is 1. The van der Waals surface area contributed by atoms with Crippen molar-refractivity contribution >= 4 is 34.5 Å². The van der Waals surface area contributed by atoms with Gasteiger partial charge in [0, 0.05) is 41.4 Å². The average molecular weight is 575 g/mol. The van der Waals surface area contributed by atoms with Gasteiger partial charge >= 0.3 is 0 Å². The van der Waals surface area contributed by atoms with E-state index in [0.29, 0.717) is 30.0 Å². The summed E-state index contributed by atoms with van der Waals surface area (Å²) in [4.78, 5) is 27.2. The van der Waals surface area contributed by atoms with Gasteiger partial charge in [0.05, 0.1) is 19.6 Å². The second-order valence-corrected chi connectivity index (χ2v) is 11.4. The molecule has 0 fully saturated rings. The topological polar surface area (TPSA) is 103 Å². The number of aromatic hydroxyl groups is 1. The van der Waals surface area contributed by atoms with Crippen molar-refractivity contribution in [3.05, 3.63) is 57.6 Å². The number of carbonyl (C=O) groups excluding carboxylic acids is 2. The summed E-state index contributed by atoms with van der Waals surface area (Å²) in [5, 5.41) is 22.4. The number of benzene rings is 2. The zero-order valence-corrected chi connectivity index (χ0v) is 24.9. The number of amidine groups is 1. The number of halogens is 1. The minimum absolute atomic E-state index is 0. The second kappa shape index (κ2) is 11.3. The molecule has 0 spiro atoms. The number of fused-ring (bicyclic) bond motifs is 1. The minimum atomic E-state index is -0.339. The number of ketones is 1. The molecular formula is C29H40BrN3O4. The number of hydrogen-bond donors (Lipinski definition) is 3. The summed E-state index contributed by atoms with van der Waals surface area (Å²) in [5.41, 5.74) is 3.64. The van der Waals surface area contributed by atoms with E-state index in [1.807, 2.05) is 60.6 Å². The lowest BCUT2D eigenvalue weighted by molar-refractivity contribution is -0.119. The molecule has 7 nitrogen and oxygen atoms in total. The molecule has 202 valence electrons. The maximum atomic E-state index is 13.5. The lowest BCUT2D eigenvalue weighted by Gasteiger charge is -2.28. The lowest BCUT2D eigenvalue weighted by Crippen LogP contribution is -2.30. The molecule has 1 aliphatic heterocycles. The summed E-state index contributed by atoms with van der Waals surface area (Å²) < 4.78 is 5.77. The molecule has 0 unspecified atom stereocenters. The first-order valence-electron chi connectivity index (χ1n) is 12.4. The molecule has 0 saturated carbocycles. The molecule has 0 radical (unpaired) electrons. The van der Waals surface area contributed by atoms with Gasteiger partial charge < -0.3 is 20.1 Å². The van der Waals surface area contributed by atoms with Crippen molar-refractivity contribution < 1.29 is 19.4 Å². The number of rotatable bonds is 7. The van der Waals surface area contributed by atoms with E-state index in [4.69, 9.17) is 10.1 Å². The van der Waals surface area contributed by atoms with Crippen molar-refractivity contribution in [1.29, 1.82) is 5.41 Å². The fourth-order valence-electron chi connectivity index (χ4n) is 4.50.